The smallest absolute Gasteiger partial charge is 0.280 e. The van der Waals surface area contributed by atoms with E-state index in [4.69, 9.17) is 4.74 Å². The van der Waals surface area contributed by atoms with Crippen LogP contribution in [0.25, 0.3) is 5.95 Å². The van der Waals surface area contributed by atoms with E-state index in [1.54, 1.807) is 4.68 Å². The van der Waals surface area contributed by atoms with Crippen molar-refractivity contribution in [3.63, 3.8) is 0 Å². The number of ether oxygens (including phenoxy) is 1. The van der Waals surface area contributed by atoms with E-state index in [1.165, 1.54) is 4.90 Å². The molecular formula is C18H27N6O2+. The van der Waals surface area contributed by atoms with E-state index >= 15 is 0 Å². The van der Waals surface area contributed by atoms with Gasteiger partial charge in [0, 0.05) is 17.5 Å². The number of amides is 1. The van der Waals surface area contributed by atoms with Gasteiger partial charge in [-0.2, -0.15) is 9.78 Å². The zero-order chi connectivity index (χ0) is 18.8. The van der Waals surface area contributed by atoms with Gasteiger partial charge in [0.15, 0.2) is 6.54 Å². The molecule has 0 saturated carbocycles. The van der Waals surface area contributed by atoms with Crippen molar-refractivity contribution in [2.24, 2.45) is 0 Å². The number of nitrogens with one attached hydrogen (secondary N) is 2. The maximum Gasteiger partial charge on any atom is 0.280 e. The van der Waals surface area contributed by atoms with Crippen molar-refractivity contribution in [1.29, 1.82) is 0 Å². The zero-order valence-corrected chi connectivity index (χ0v) is 16.0. The molecule has 2 aromatic rings. The van der Waals surface area contributed by atoms with Gasteiger partial charge < -0.3 is 15.0 Å². The summed E-state index contributed by atoms with van der Waals surface area (Å²) in [6, 6.07) is 3.74. The van der Waals surface area contributed by atoms with E-state index in [0.29, 0.717) is 18.3 Å². The number of aryl methyl sites for hydroxylation is 3. The molecular weight excluding hydrogens is 332 g/mol. The van der Waals surface area contributed by atoms with Gasteiger partial charge in [-0.05, 0) is 40.7 Å². The molecule has 0 bridgehead atoms. The molecule has 1 saturated heterocycles. The fraction of sp³-hybridized carbons (Fsp3) is 0.556. The quantitative estimate of drug-likeness (QED) is 0.816. The second-order valence-electron chi connectivity index (χ2n) is 7.17. The Morgan fingerprint density at radius 1 is 1.15 bits per heavy atom. The zero-order valence-electron chi connectivity index (χ0n) is 16.0. The van der Waals surface area contributed by atoms with Crippen LogP contribution in [-0.2, 0) is 9.53 Å². The van der Waals surface area contributed by atoms with Gasteiger partial charge in [0.25, 0.3) is 11.9 Å². The molecule has 0 spiro atoms. The summed E-state index contributed by atoms with van der Waals surface area (Å²) in [6.07, 6.45) is 0.330. The van der Waals surface area contributed by atoms with Crippen LogP contribution in [-0.4, -0.2) is 57.5 Å². The van der Waals surface area contributed by atoms with Crippen LogP contribution in [0.1, 0.15) is 30.9 Å². The fourth-order valence-corrected chi connectivity index (χ4v) is 3.49. The molecule has 8 nitrogen and oxygen atoms in total. The van der Waals surface area contributed by atoms with Crippen molar-refractivity contribution in [1.82, 2.24) is 19.7 Å². The molecule has 3 rings (SSSR count). The molecule has 0 unspecified atom stereocenters. The number of quaternary nitrogens is 1. The maximum atomic E-state index is 12.6. The number of nitrogens with zero attached hydrogens (tertiary/aromatic N) is 4. The Morgan fingerprint density at radius 3 is 2.38 bits per heavy atom. The lowest BCUT2D eigenvalue weighted by Gasteiger charge is -2.31. The minimum absolute atomic E-state index is 0.0492. The molecule has 26 heavy (non-hydrogen) atoms. The van der Waals surface area contributed by atoms with Crippen LogP contribution < -0.4 is 10.2 Å². The molecule has 1 amide bonds. The Balaban J connectivity index is 1.75. The van der Waals surface area contributed by atoms with Crippen molar-refractivity contribution in [3.8, 4) is 5.95 Å². The predicted molar refractivity (Wildman–Crippen MR) is 97.6 cm³/mol. The minimum Gasteiger partial charge on any atom is -0.364 e. The molecule has 140 valence electrons. The standard InChI is InChI=1S/C18H26N6O2/c1-11-6-12(2)20-18(19-11)24-16(7-13(3)22-24)21-17(25)10-23-8-14(4)26-15(5)9-23/h6-7,14-15H,8-10H2,1-5H3,(H,21,25)/p+1/t14-,15-/m1/s1. The topological polar surface area (TPSA) is 86.4 Å². The number of rotatable bonds is 4. The Kier molecular flexibility index (Phi) is 5.33. The molecule has 2 atom stereocenters. The molecule has 0 aliphatic carbocycles. The molecule has 8 heteroatoms. The first-order chi connectivity index (χ1) is 12.3. The molecule has 1 fully saturated rings. The van der Waals surface area contributed by atoms with E-state index in [0.717, 1.165) is 30.2 Å². The van der Waals surface area contributed by atoms with Gasteiger partial charge in [0.2, 0.25) is 0 Å². The van der Waals surface area contributed by atoms with E-state index in [1.807, 2.05) is 46.8 Å². The van der Waals surface area contributed by atoms with Gasteiger partial charge in [-0.25, -0.2) is 9.97 Å². The van der Waals surface area contributed by atoms with Gasteiger partial charge in [0.05, 0.1) is 5.69 Å². The summed E-state index contributed by atoms with van der Waals surface area (Å²) in [5, 5.41) is 7.40. The van der Waals surface area contributed by atoms with Crippen LogP contribution >= 0.6 is 0 Å². The molecule has 0 radical (unpaired) electrons. The van der Waals surface area contributed by atoms with Gasteiger partial charge in [-0.15, -0.1) is 0 Å². The van der Waals surface area contributed by atoms with Gasteiger partial charge in [-0.3, -0.25) is 4.79 Å². The summed E-state index contributed by atoms with van der Waals surface area (Å²) < 4.78 is 7.33. The normalized spacial score (nSPS) is 23.0. The summed E-state index contributed by atoms with van der Waals surface area (Å²) >= 11 is 0. The highest BCUT2D eigenvalue weighted by molar-refractivity contribution is 5.90. The number of morpholine rings is 1. The number of aromatic nitrogens is 4. The Hall–Kier alpha value is -2.32. The second kappa shape index (κ2) is 7.51. The Labute approximate surface area is 153 Å². The van der Waals surface area contributed by atoms with Crippen LogP contribution in [0, 0.1) is 20.8 Å². The van der Waals surface area contributed by atoms with Crippen molar-refractivity contribution in [3.05, 3.63) is 29.2 Å². The Bertz CT molecular complexity index is 773. The van der Waals surface area contributed by atoms with Gasteiger partial charge in [-0.1, -0.05) is 0 Å². The lowest BCUT2D eigenvalue weighted by Crippen LogP contribution is -3.16. The molecule has 1 aliphatic heterocycles. The first kappa shape index (κ1) is 18.5. The second-order valence-corrected chi connectivity index (χ2v) is 7.17. The van der Waals surface area contributed by atoms with Crippen LogP contribution in [0.2, 0.25) is 0 Å². The summed E-state index contributed by atoms with van der Waals surface area (Å²) in [7, 11) is 0. The molecule has 2 aromatic heterocycles. The van der Waals surface area contributed by atoms with Crippen LogP contribution in [0.4, 0.5) is 5.82 Å². The first-order valence-corrected chi connectivity index (χ1v) is 8.98. The highest BCUT2D eigenvalue weighted by Gasteiger charge is 2.27. The van der Waals surface area contributed by atoms with E-state index < -0.39 is 0 Å². The monoisotopic (exact) mass is 359 g/mol. The third kappa shape index (κ3) is 4.44. The van der Waals surface area contributed by atoms with E-state index in [9.17, 15) is 4.79 Å². The summed E-state index contributed by atoms with van der Waals surface area (Å²) in [4.78, 5) is 22.7. The highest BCUT2D eigenvalue weighted by atomic mass is 16.5. The largest absolute Gasteiger partial charge is 0.364 e. The molecule has 1 aliphatic rings. The van der Waals surface area contributed by atoms with Gasteiger partial charge >= 0.3 is 0 Å². The maximum absolute atomic E-state index is 12.6. The number of carbonyl (C=O) groups is 1. The van der Waals surface area contributed by atoms with Crippen molar-refractivity contribution in [2.45, 2.75) is 46.8 Å². The third-order valence-electron chi connectivity index (χ3n) is 4.29. The minimum atomic E-state index is -0.0492. The van der Waals surface area contributed by atoms with Gasteiger partial charge in [0.1, 0.15) is 31.1 Å². The molecule has 2 N–H and O–H groups in total. The van der Waals surface area contributed by atoms with E-state index in [-0.39, 0.29) is 18.1 Å². The molecule has 0 aromatic carbocycles. The number of anilines is 1. The lowest BCUT2D eigenvalue weighted by atomic mass is 10.2. The molecule has 3 heterocycles. The third-order valence-corrected chi connectivity index (χ3v) is 4.29. The van der Waals surface area contributed by atoms with E-state index in [2.05, 4.69) is 20.4 Å². The number of carbonyl (C=O) groups excluding carboxylic acids is 1. The van der Waals surface area contributed by atoms with Crippen molar-refractivity contribution < 1.29 is 14.4 Å². The van der Waals surface area contributed by atoms with Crippen LogP contribution in [0.5, 0.6) is 0 Å². The van der Waals surface area contributed by atoms with Crippen molar-refractivity contribution in [2.75, 3.05) is 25.0 Å². The summed E-state index contributed by atoms with van der Waals surface area (Å²) in [5.74, 6) is 1.00. The SMILES string of the molecule is Cc1cc(C)nc(-n2nc(C)cc2NC(=O)C[NH+]2C[C@@H](C)O[C@H](C)C2)n1. The lowest BCUT2D eigenvalue weighted by molar-refractivity contribution is -0.907. The summed E-state index contributed by atoms with van der Waals surface area (Å²) in [6.45, 7) is 11.9. The first-order valence-electron chi connectivity index (χ1n) is 8.98. The van der Waals surface area contributed by atoms with Crippen molar-refractivity contribution >= 4 is 11.7 Å². The predicted octanol–water partition coefficient (Wildman–Crippen LogP) is 0.218. The number of hydrogen-bond acceptors (Lipinski definition) is 5. The Morgan fingerprint density at radius 2 is 1.77 bits per heavy atom. The van der Waals surface area contributed by atoms with Crippen LogP contribution in [0.15, 0.2) is 12.1 Å². The highest BCUT2D eigenvalue weighted by Crippen LogP contribution is 2.15. The number of hydrogen-bond donors (Lipinski definition) is 2. The fourth-order valence-electron chi connectivity index (χ4n) is 3.49. The summed E-state index contributed by atoms with van der Waals surface area (Å²) in [5.41, 5.74) is 2.52. The van der Waals surface area contributed by atoms with Crippen LogP contribution in [0.3, 0.4) is 0 Å². The average molecular weight is 359 g/mol. The average Bonchev–Trinajstić information content (AvgIpc) is 2.85.